The van der Waals surface area contributed by atoms with Gasteiger partial charge in [0.1, 0.15) is 0 Å². The van der Waals surface area contributed by atoms with Crippen molar-refractivity contribution in [3.05, 3.63) is 139 Å². The van der Waals surface area contributed by atoms with Crippen LogP contribution in [0.5, 0.6) is 0 Å². The maximum absolute atomic E-state index is 9.30. The minimum Gasteiger partial charge on any atom is -0.311 e. The van der Waals surface area contributed by atoms with Crippen molar-refractivity contribution in [1.82, 2.24) is 0 Å². The van der Waals surface area contributed by atoms with Crippen LogP contribution in [-0.2, 0) is 0 Å². The molecule has 0 spiro atoms. The molecule has 0 radical (unpaired) electrons. The molecule has 1 N–H and O–H groups in total. The maximum atomic E-state index is 9.30. The first kappa shape index (κ1) is 23.6. The van der Waals surface area contributed by atoms with Gasteiger partial charge < -0.3 is 10.3 Å². The van der Waals surface area contributed by atoms with E-state index < -0.39 is 0 Å². The summed E-state index contributed by atoms with van der Waals surface area (Å²) in [5, 5.41) is 19.9. The van der Waals surface area contributed by atoms with Gasteiger partial charge in [0.15, 0.2) is 0 Å². The van der Waals surface area contributed by atoms with Crippen molar-refractivity contribution in [1.29, 1.82) is 10.7 Å². The molecule has 0 bridgehead atoms. The summed E-state index contributed by atoms with van der Waals surface area (Å²) in [7, 11) is 0. The standard InChI is InChI=1S/C37H25N3/c1-24(39)26-11-17-29(18-12-26)40(28-15-9-25(23-38)10-16-28)30-19-13-27(14-20-30)31-21-22-36-33-6-3-2-5-32(33)35-8-4-7-34(31)37(35)36/h2-22,39H,1H3. The van der Waals surface area contributed by atoms with Gasteiger partial charge in [-0.05, 0) is 105 Å². The highest BCUT2D eigenvalue weighted by Gasteiger charge is 2.22. The van der Waals surface area contributed by atoms with Gasteiger partial charge in [0.25, 0.3) is 0 Å². The average molecular weight is 512 g/mol. The van der Waals surface area contributed by atoms with Crippen molar-refractivity contribution in [3.63, 3.8) is 0 Å². The van der Waals surface area contributed by atoms with Gasteiger partial charge >= 0.3 is 0 Å². The summed E-state index contributed by atoms with van der Waals surface area (Å²) in [5.74, 6) is 0. The lowest BCUT2D eigenvalue weighted by Crippen LogP contribution is -2.10. The number of hydrogen-bond acceptors (Lipinski definition) is 3. The molecule has 1 aliphatic carbocycles. The van der Waals surface area contributed by atoms with Crippen molar-refractivity contribution >= 4 is 33.5 Å². The predicted octanol–water partition coefficient (Wildman–Crippen LogP) is 9.88. The highest BCUT2D eigenvalue weighted by molar-refractivity contribution is 6.18. The highest BCUT2D eigenvalue weighted by atomic mass is 15.1. The zero-order valence-electron chi connectivity index (χ0n) is 22.0. The third kappa shape index (κ3) is 3.78. The number of rotatable bonds is 5. The molecule has 1 aliphatic rings. The van der Waals surface area contributed by atoms with Crippen molar-refractivity contribution in [2.75, 3.05) is 4.90 Å². The van der Waals surface area contributed by atoms with Gasteiger partial charge in [0, 0.05) is 22.8 Å². The summed E-state index contributed by atoms with van der Waals surface area (Å²) in [4.78, 5) is 2.18. The van der Waals surface area contributed by atoms with Crippen molar-refractivity contribution in [3.8, 4) is 39.4 Å². The monoisotopic (exact) mass is 511 g/mol. The van der Waals surface area contributed by atoms with Crippen LogP contribution in [0, 0.1) is 16.7 Å². The normalized spacial score (nSPS) is 11.2. The average Bonchev–Trinajstić information content (AvgIpc) is 3.34. The molecule has 0 atom stereocenters. The molecule has 0 amide bonds. The molecule has 0 aromatic heterocycles. The summed E-state index contributed by atoms with van der Waals surface area (Å²) in [6.07, 6.45) is 0. The zero-order chi connectivity index (χ0) is 27.2. The minimum atomic E-state index is 0.536. The third-order valence-corrected chi connectivity index (χ3v) is 7.80. The molecule has 0 saturated carbocycles. The number of nitriles is 1. The van der Waals surface area contributed by atoms with Crippen LogP contribution in [0.3, 0.4) is 0 Å². The molecule has 188 valence electrons. The topological polar surface area (TPSA) is 50.9 Å². The molecule has 0 heterocycles. The van der Waals surface area contributed by atoms with Gasteiger partial charge in [0.2, 0.25) is 0 Å². The van der Waals surface area contributed by atoms with Crippen molar-refractivity contribution in [2.24, 2.45) is 0 Å². The molecule has 0 unspecified atom stereocenters. The van der Waals surface area contributed by atoms with Crippen LogP contribution in [0.4, 0.5) is 17.1 Å². The number of nitrogens with zero attached hydrogens (tertiary/aromatic N) is 2. The van der Waals surface area contributed by atoms with E-state index in [4.69, 9.17) is 5.41 Å². The van der Waals surface area contributed by atoms with Gasteiger partial charge in [-0.2, -0.15) is 5.26 Å². The summed E-state index contributed by atoms with van der Waals surface area (Å²) >= 11 is 0. The zero-order valence-corrected chi connectivity index (χ0v) is 22.0. The van der Waals surface area contributed by atoms with Crippen LogP contribution in [0.15, 0.2) is 127 Å². The van der Waals surface area contributed by atoms with E-state index in [2.05, 4.69) is 89.8 Å². The molecular weight excluding hydrogens is 486 g/mol. The molecule has 0 fully saturated rings. The van der Waals surface area contributed by atoms with E-state index in [9.17, 15) is 5.26 Å². The predicted molar refractivity (Wildman–Crippen MR) is 166 cm³/mol. The van der Waals surface area contributed by atoms with Gasteiger partial charge in [-0.25, -0.2) is 0 Å². The third-order valence-electron chi connectivity index (χ3n) is 7.80. The quantitative estimate of drug-likeness (QED) is 0.234. The van der Waals surface area contributed by atoms with Crippen LogP contribution >= 0.6 is 0 Å². The molecule has 6 aromatic carbocycles. The molecule has 0 aliphatic heterocycles. The van der Waals surface area contributed by atoms with Crippen LogP contribution in [0.25, 0.3) is 44.2 Å². The smallest absolute Gasteiger partial charge is 0.0991 e. The molecular formula is C37H25N3. The molecule has 3 heteroatoms. The second kappa shape index (κ2) is 9.38. The van der Waals surface area contributed by atoms with Crippen molar-refractivity contribution < 1.29 is 0 Å². The number of fused-ring (bicyclic) bond motifs is 3. The molecule has 3 nitrogen and oxygen atoms in total. The number of benzene rings is 6. The lowest BCUT2D eigenvalue weighted by atomic mass is 9.94. The Morgan fingerprint density at radius 1 is 0.575 bits per heavy atom. The van der Waals surface area contributed by atoms with Gasteiger partial charge in [0.05, 0.1) is 11.6 Å². The van der Waals surface area contributed by atoms with Crippen LogP contribution in [-0.4, -0.2) is 5.71 Å². The van der Waals surface area contributed by atoms with Crippen molar-refractivity contribution in [2.45, 2.75) is 6.92 Å². The first-order valence-corrected chi connectivity index (χ1v) is 13.3. The Morgan fingerprint density at radius 2 is 1.10 bits per heavy atom. The van der Waals surface area contributed by atoms with E-state index in [1.165, 1.54) is 38.6 Å². The summed E-state index contributed by atoms with van der Waals surface area (Å²) < 4.78 is 0. The second-order valence-electron chi connectivity index (χ2n) is 10.1. The fourth-order valence-corrected chi connectivity index (χ4v) is 5.84. The van der Waals surface area contributed by atoms with E-state index in [0.717, 1.165) is 28.2 Å². The molecule has 7 rings (SSSR count). The SMILES string of the molecule is CC(=N)c1ccc(N(c2ccc(C#N)cc2)c2ccc(-c3ccc4c5c(cccc35)-c3ccccc3-4)cc2)cc1. The first-order valence-electron chi connectivity index (χ1n) is 13.3. The summed E-state index contributed by atoms with van der Waals surface area (Å²) in [6, 6.07) is 46.4. The highest BCUT2D eigenvalue weighted by Crippen LogP contribution is 2.49. The van der Waals surface area contributed by atoms with E-state index in [-0.39, 0.29) is 0 Å². The second-order valence-corrected chi connectivity index (χ2v) is 10.1. The van der Waals surface area contributed by atoms with E-state index in [1.54, 1.807) is 6.92 Å². The minimum absolute atomic E-state index is 0.536. The Bertz CT molecular complexity index is 1930. The fourth-order valence-electron chi connectivity index (χ4n) is 5.84. The van der Waals surface area contributed by atoms with E-state index >= 15 is 0 Å². The first-order chi connectivity index (χ1) is 19.6. The molecule has 40 heavy (non-hydrogen) atoms. The molecule has 6 aromatic rings. The lowest BCUT2D eigenvalue weighted by Gasteiger charge is -2.26. The number of hydrogen-bond donors (Lipinski definition) is 1. The van der Waals surface area contributed by atoms with Gasteiger partial charge in [-0.1, -0.05) is 78.9 Å². The Labute approximate surface area is 233 Å². The largest absolute Gasteiger partial charge is 0.311 e. The van der Waals surface area contributed by atoms with Crippen LogP contribution in [0.1, 0.15) is 18.1 Å². The Balaban J connectivity index is 1.32. The van der Waals surface area contributed by atoms with Gasteiger partial charge in [-0.3, -0.25) is 0 Å². The van der Waals surface area contributed by atoms with Crippen LogP contribution in [0.2, 0.25) is 0 Å². The summed E-state index contributed by atoms with van der Waals surface area (Å²) in [6.45, 7) is 1.80. The molecule has 0 saturated heterocycles. The Morgan fingerprint density at radius 3 is 1.70 bits per heavy atom. The van der Waals surface area contributed by atoms with Crippen LogP contribution < -0.4 is 4.90 Å². The van der Waals surface area contributed by atoms with E-state index in [0.29, 0.717) is 11.3 Å². The summed E-state index contributed by atoms with van der Waals surface area (Å²) in [5.41, 5.74) is 12.6. The fraction of sp³-hybridized carbons (Fsp3) is 0.0270. The lowest BCUT2D eigenvalue weighted by molar-refractivity contribution is 1.28. The number of nitrogens with one attached hydrogen (secondary N) is 1. The Hall–Kier alpha value is -5.46. The van der Waals surface area contributed by atoms with E-state index in [1.807, 2.05) is 48.5 Å². The number of anilines is 3. The maximum Gasteiger partial charge on any atom is 0.0991 e. The Kier molecular flexibility index (Phi) is 5.54. The van der Waals surface area contributed by atoms with Gasteiger partial charge in [-0.15, -0.1) is 0 Å².